The second-order valence-corrected chi connectivity index (χ2v) is 13.7. The van der Waals surface area contributed by atoms with Gasteiger partial charge in [-0.2, -0.15) is 15.2 Å². The number of rotatable bonds is 9. The fourth-order valence-corrected chi connectivity index (χ4v) is 6.24. The van der Waals surface area contributed by atoms with E-state index < -0.39 is 43.3 Å². The molecule has 2 aromatic heterocycles. The van der Waals surface area contributed by atoms with Gasteiger partial charge in [-0.05, 0) is 91.0 Å². The van der Waals surface area contributed by atoms with Gasteiger partial charge >= 0.3 is 7.82 Å². The van der Waals surface area contributed by atoms with Crippen molar-refractivity contribution in [2.24, 2.45) is 5.92 Å². The lowest BCUT2D eigenvalue weighted by Gasteiger charge is -2.32. The number of amides is 1. The molecule has 1 aliphatic heterocycles. The lowest BCUT2D eigenvalue weighted by molar-refractivity contribution is -0.123. The number of halogens is 2. The molecular formula is C28H37F2N6O5P. The van der Waals surface area contributed by atoms with Crippen LogP contribution in [-0.2, 0) is 36.1 Å². The molecule has 0 N–H and O–H groups in total. The zero-order chi connectivity index (χ0) is 30.9. The number of aryl methyl sites for hydroxylation is 1. The molecule has 1 aliphatic rings. The molecule has 3 aromatic rings. The van der Waals surface area contributed by atoms with Gasteiger partial charge in [-0.1, -0.05) is 6.07 Å². The molecule has 42 heavy (non-hydrogen) atoms. The average molecular weight is 607 g/mol. The van der Waals surface area contributed by atoms with E-state index in [-0.39, 0.29) is 24.1 Å². The van der Waals surface area contributed by atoms with Crippen molar-refractivity contribution in [3.05, 3.63) is 53.4 Å². The number of carbonyl (C=O) groups is 1. The number of phosphoric ester groups is 1. The van der Waals surface area contributed by atoms with Crippen LogP contribution in [0, 0.1) is 24.5 Å². The van der Waals surface area contributed by atoms with Crippen molar-refractivity contribution in [2.75, 3.05) is 11.4 Å². The van der Waals surface area contributed by atoms with Crippen LogP contribution >= 0.6 is 7.82 Å². The van der Waals surface area contributed by atoms with E-state index in [1.165, 1.54) is 21.8 Å². The topological polar surface area (TPSA) is 122 Å². The molecule has 1 fully saturated rings. The monoisotopic (exact) mass is 606 g/mol. The van der Waals surface area contributed by atoms with Gasteiger partial charge < -0.3 is 0 Å². The van der Waals surface area contributed by atoms with Crippen LogP contribution in [0.25, 0.3) is 11.4 Å². The van der Waals surface area contributed by atoms with Crippen LogP contribution in [0.3, 0.4) is 0 Å². The van der Waals surface area contributed by atoms with Gasteiger partial charge in [0, 0.05) is 18.0 Å². The van der Waals surface area contributed by atoms with E-state index >= 15 is 0 Å². The highest BCUT2D eigenvalue weighted by atomic mass is 31.2. The summed E-state index contributed by atoms with van der Waals surface area (Å²) < 4.78 is 59.6. The summed E-state index contributed by atoms with van der Waals surface area (Å²) in [5, 5.41) is 12.4. The molecule has 11 nitrogen and oxygen atoms in total. The summed E-state index contributed by atoms with van der Waals surface area (Å²) in [5.74, 6) is -2.23. The fourth-order valence-electron chi connectivity index (χ4n) is 4.51. The van der Waals surface area contributed by atoms with Crippen LogP contribution in [0.1, 0.15) is 65.5 Å². The summed E-state index contributed by atoms with van der Waals surface area (Å²) in [5.41, 5.74) is 0.152. The minimum atomic E-state index is -4.12. The molecule has 0 radical (unpaired) electrons. The second-order valence-electron chi connectivity index (χ2n) is 12.2. The van der Waals surface area contributed by atoms with E-state index in [1.54, 1.807) is 47.7 Å². The summed E-state index contributed by atoms with van der Waals surface area (Å²) in [6, 6.07) is 3.64. The molecule has 1 saturated heterocycles. The summed E-state index contributed by atoms with van der Waals surface area (Å²) in [6.45, 7) is 12.1. The number of aromatic nitrogens is 5. The summed E-state index contributed by atoms with van der Waals surface area (Å²) in [6.07, 6.45) is 4.51. The molecule has 0 saturated carbocycles. The maximum Gasteiger partial charge on any atom is 0.477 e. The molecular weight excluding hydrogens is 569 g/mol. The highest BCUT2D eigenvalue weighted by Gasteiger charge is 2.39. The fraction of sp³-hybridized carbons (Fsp3) is 0.536. The molecule has 4 rings (SSSR count). The van der Waals surface area contributed by atoms with E-state index in [0.717, 1.165) is 17.7 Å². The van der Waals surface area contributed by atoms with Crippen LogP contribution in [0.15, 0.2) is 30.6 Å². The standard InChI is InChI=1S/C28H37F2N6O5P/c1-18-15-31-32-16-21(18)24-33-26(36(34-24)17-39-42(38,40-27(2,3)4)41-28(5,6)7)35-12-8-9-20(25(35)37)13-19-10-11-22(29)23(30)14-19/h10-11,14-16,20H,8-9,12-13,17H2,1-7H3. The first-order chi connectivity index (χ1) is 19.5. The van der Waals surface area contributed by atoms with E-state index in [9.17, 15) is 18.1 Å². The van der Waals surface area contributed by atoms with E-state index in [0.29, 0.717) is 30.5 Å². The van der Waals surface area contributed by atoms with Crippen LogP contribution < -0.4 is 4.90 Å². The predicted molar refractivity (Wildman–Crippen MR) is 151 cm³/mol. The van der Waals surface area contributed by atoms with Gasteiger partial charge in [0.05, 0.1) is 23.6 Å². The Kier molecular flexibility index (Phi) is 9.27. The Morgan fingerprint density at radius 2 is 1.69 bits per heavy atom. The number of hydrogen-bond donors (Lipinski definition) is 0. The molecule has 0 aliphatic carbocycles. The Balaban J connectivity index is 1.68. The number of phosphoric acid groups is 1. The van der Waals surface area contributed by atoms with Crippen molar-refractivity contribution in [1.29, 1.82) is 0 Å². The second kappa shape index (κ2) is 12.2. The minimum absolute atomic E-state index is 0.166. The number of piperidine rings is 1. The Bertz CT molecular complexity index is 1470. The van der Waals surface area contributed by atoms with Gasteiger partial charge in [-0.25, -0.2) is 18.0 Å². The zero-order valence-corrected chi connectivity index (χ0v) is 25.8. The smallest absolute Gasteiger partial charge is 0.281 e. The molecule has 0 bridgehead atoms. The average Bonchev–Trinajstić information content (AvgIpc) is 3.28. The lowest BCUT2D eigenvalue weighted by atomic mass is 9.90. The third-order valence-corrected chi connectivity index (χ3v) is 8.16. The summed E-state index contributed by atoms with van der Waals surface area (Å²) in [4.78, 5) is 19.9. The summed E-state index contributed by atoms with van der Waals surface area (Å²) >= 11 is 0. The quantitative estimate of drug-likeness (QED) is 0.269. The Morgan fingerprint density at radius 3 is 2.31 bits per heavy atom. The SMILES string of the molecule is Cc1cnncc1-c1nc(N2CCCC(Cc3ccc(F)c(F)c3)C2=O)n(COP(=O)(OC(C)(C)C)OC(C)(C)C)n1. The van der Waals surface area contributed by atoms with Gasteiger partial charge in [-0.3, -0.25) is 23.3 Å². The first-order valence-electron chi connectivity index (χ1n) is 13.7. The number of carbonyl (C=O) groups excluding carboxylic acids is 1. The van der Waals surface area contributed by atoms with Crippen molar-refractivity contribution in [3.8, 4) is 11.4 Å². The van der Waals surface area contributed by atoms with Crippen molar-refractivity contribution in [1.82, 2.24) is 25.0 Å². The van der Waals surface area contributed by atoms with Crippen LogP contribution in [0.5, 0.6) is 0 Å². The number of benzene rings is 1. The lowest BCUT2D eigenvalue weighted by Crippen LogP contribution is -2.43. The largest absolute Gasteiger partial charge is 0.477 e. The molecule has 228 valence electrons. The first kappa shape index (κ1) is 31.8. The molecule has 0 spiro atoms. The Hall–Kier alpha value is -3.12. The van der Waals surface area contributed by atoms with Gasteiger partial charge in [0.2, 0.25) is 11.9 Å². The van der Waals surface area contributed by atoms with Gasteiger partial charge in [0.25, 0.3) is 0 Å². The molecule has 14 heteroatoms. The molecule has 3 heterocycles. The third-order valence-electron chi connectivity index (χ3n) is 6.19. The Labute approximate surface area is 244 Å². The molecule has 1 atom stereocenters. The van der Waals surface area contributed by atoms with Crippen molar-refractivity contribution in [3.63, 3.8) is 0 Å². The van der Waals surface area contributed by atoms with Crippen LogP contribution in [0.4, 0.5) is 14.7 Å². The van der Waals surface area contributed by atoms with Crippen LogP contribution in [0.2, 0.25) is 0 Å². The molecule has 1 aromatic carbocycles. The first-order valence-corrected chi connectivity index (χ1v) is 15.1. The normalized spacial score (nSPS) is 16.7. The van der Waals surface area contributed by atoms with E-state index in [1.807, 2.05) is 6.92 Å². The molecule has 1 amide bonds. The van der Waals surface area contributed by atoms with E-state index in [4.69, 9.17) is 13.6 Å². The zero-order valence-electron chi connectivity index (χ0n) is 24.9. The predicted octanol–water partition coefficient (Wildman–Crippen LogP) is 6.02. The Morgan fingerprint density at radius 1 is 1.02 bits per heavy atom. The maximum atomic E-state index is 13.8. The van der Waals surface area contributed by atoms with Gasteiger partial charge in [-0.15, -0.1) is 5.10 Å². The number of anilines is 1. The summed E-state index contributed by atoms with van der Waals surface area (Å²) in [7, 11) is -4.12. The van der Waals surface area contributed by atoms with Crippen molar-refractivity contribution < 1.29 is 31.7 Å². The van der Waals surface area contributed by atoms with Crippen molar-refractivity contribution >= 4 is 19.7 Å². The van der Waals surface area contributed by atoms with E-state index in [2.05, 4.69) is 20.3 Å². The van der Waals surface area contributed by atoms with Crippen molar-refractivity contribution in [2.45, 2.75) is 85.7 Å². The number of nitrogens with zero attached hydrogens (tertiary/aromatic N) is 6. The molecule has 1 unspecified atom stereocenters. The van der Waals surface area contributed by atoms with Gasteiger partial charge in [0.15, 0.2) is 24.2 Å². The van der Waals surface area contributed by atoms with Crippen LogP contribution in [-0.4, -0.2) is 48.6 Å². The highest BCUT2D eigenvalue weighted by Crippen LogP contribution is 2.55. The van der Waals surface area contributed by atoms with Gasteiger partial charge in [0.1, 0.15) is 0 Å². The highest BCUT2D eigenvalue weighted by molar-refractivity contribution is 7.48. The maximum absolute atomic E-state index is 13.8. The number of hydrogen-bond acceptors (Lipinski definition) is 9. The minimum Gasteiger partial charge on any atom is -0.281 e. The third kappa shape index (κ3) is 8.03.